The Morgan fingerprint density at radius 1 is 1.00 bits per heavy atom. The normalized spacial score (nSPS) is 17.8. The molecule has 1 heterocycles. The fourth-order valence-corrected chi connectivity index (χ4v) is 4.22. The largest absolute Gasteiger partial charge is 0.497 e. The maximum absolute atomic E-state index is 13.8. The number of nitrogens with one attached hydrogen (secondary N) is 1. The predicted molar refractivity (Wildman–Crippen MR) is 127 cm³/mol. The highest BCUT2D eigenvalue weighted by Gasteiger charge is 2.58. The summed E-state index contributed by atoms with van der Waals surface area (Å²) in [4.78, 5) is 28.3. The van der Waals surface area contributed by atoms with E-state index in [4.69, 9.17) is 4.74 Å². The van der Waals surface area contributed by atoms with Gasteiger partial charge in [-0.25, -0.2) is 0 Å². The number of benzene rings is 3. The zero-order valence-electron chi connectivity index (χ0n) is 18.9. The molecule has 0 aliphatic carbocycles. The number of β-lactam (4-membered cyclic amide) rings is 1. The molecule has 1 aliphatic heterocycles. The molecular formula is C27H28N2O3. The number of rotatable bonds is 6. The van der Waals surface area contributed by atoms with Crippen molar-refractivity contribution in [2.75, 3.05) is 17.3 Å². The van der Waals surface area contributed by atoms with Crippen LogP contribution in [0.4, 0.5) is 11.4 Å². The Labute approximate surface area is 189 Å². The minimum Gasteiger partial charge on any atom is -0.497 e. The van der Waals surface area contributed by atoms with E-state index in [1.54, 1.807) is 24.1 Å². The molecule has 4 rings (SSSR count). The number of methoxy groups -OCH3 is 1. The van der Waals surface area contributed by atoms with E-state index in [1.807, 2.05) is 67.6 Å². The first-order valence-electron chi connectivity index (χ1n) is 10.8. The Morgan fingerprint density at radius 2 is 1.66 bits per heavy atom. The molecule has 0 bridgehead atoms. The minimum absolute atomic E-state index is 0.0944. The van der Waals surface area contributed by atoms with Gasteiger partial charge >= 0.3 is 0 Å². The van der Waals surface area contributed by atoms with Crippen LogP contribution in [0, 0.1) is 6.92 Å². The van der Waals surface area contributed by atoms with Crippen molar-refractivity contribution >= 4 is 23.2 Å². The van der Waals surface area contributed by atoms with E-state index in [1.165, 1.54) is 5.56 Å². The van der Waals surface area contributed by atoms with Crippen LogP contribution >= 0.6 is 0 Å². The third kappa shape index (κ3) is 3.64. The average Bonchev–Trinajstić information content (AvgIpc) is 2.79. The molecule has 1 aliphatic rings. The molecule has 32 heavy (non-hydrogen) atoms. The molecule has 2 amide bonds. The van der Waals surface area contributed by atoms with Gasteiger partial charge in [-0.2, -0.15) is 0 Å². The van der Waals surface area contributed by atoms with Crippen molar-refractivity contribution in [3.63, 3.8) is 0 Å². The van der Waals surface area contributed by atoms with E-state index < -0.39 is 5.54 Å². The van der Waals surface area contributed by atoms with Gasteiger partial charge in [0.1, 0.15) is 5.75 Å². The fourth-order valence-electron chi connectivity index (χ4n) is 4.22. The van der Waals surface area contributed by atoms with Crippen molar-refractivity contribution in [1.82, 2.24) is 0 Å². The second-order valence-corrected chi connectivity index (χ2v) is 8.51. The number of amides is 2. The lowest BCUT2D eigenvalue weighted by atomic mass is 9.75. The molecule has 1 N–H and O–H groups in total. The number of hydrogen-bond acceptors (Lipinski definition) is 3. The summed E-state index contributed by atoms with van der Waals surface area (Å²) >= 11 is 0. The third-order valence-electron chi connectivity index (χ3n) is 6.19. The first-order chi connectivity index (χ1) is 15.4. The van der Waals surface area contributed by atoms with Crippen molar-refractivity contribution in [2.45, 2.75) is 38.6 Å². The van der Waals surface area contributed by atoms with Gasteiger partial charge in [-0.15, -0.1) is 0 Å². The molecule has 0 spiro atoms. The molecule has 0 radical (unpaired) electrons. The standard InChI is InChI=1S/C27H28N2O3/c1-18(2)20-9-11-21(12-10-20)27(26(31)28-24-8-6-5-7-19(24)3)17-25(30)29(27)22-13-15-23(32-4)16-14-22/h5-16,18H,17H2,1-4H3,(H,28,31)/t27-/m0/s1. The van der Waals surface area contributed by atoms with E-state index >= 15 is 0 Å². The smallest absolute Gasteiger partial charge is 0.255 e. The summed E-state index contributed by atoms with van der Waals surface area (Å²) in [5.41, 5.74) is 3.23. The molecule has 3 aromatic carbocycles. The molecule has 0 aromatic heterocycles. The van der Waals surface area contributed by atoms with Crippen molar-refractivity contribution < 1.29 is 14.3 Å². The molecule has 1 saturated heterocycles. The Kier molecular flexibility index (Phi) is 5.74. The number of hydrogen-bond donors (Lipinski definition) is 1. The van der Waals surface area contributed by atoms with E-state index in [2.05, 4.69) is 19.2 Å². The molecule has 5 heteroatoms. The number of ether oxygens (including phenoxy) is 1. The predicted octanol–water partition coefficient (Wildman–Crippen LogP) is 5.40. The minimum atomic E-state index is -1.12. The lowest BCUT2D eigenvalue weighted by molar-refractivity contribution is -0.137. The van der Waals surface area contributed by atoms with Crippen LogP contribution < -0.4 is 15.0 Å². The average molecular weight is 429 g/mol. The highest BCUT2D eigenvalue weighted by molar-refractivity contribution is 6.17. The van der Waals surface area contributed by atoms with Crippen LogP contribution in [0.3, 0.4) is 0 Å². The number of carbonyl (C=O) groups excluding carboxylic acids is 2. The molecule has 1 fully saturated rings. The number of anilines is 2. The molecule has 164 valence electrons. The number of carbonyl (C=O) groups is 2. The van der Waals surface area contributed by atoms with Crippen LogP contribution in [0.2, 0.25) is 0 Å². The first-order valence-corrected chi connectivity index (χ1v) is 10.8. The Morgan fingerprint density at radius 3 is 2.22 bits per heavy atom. The van der Waals surface area contributed by atoms with Crippen LogP contribution in [-0.4, -0.2) is 18.9 Å². The highest BCUT2D eigenvalue weighted by atomic mass is 16.5. The summed E-state index contributed by atoms with van der Waals surface area (Å²) in [6, 6.07) is 22.9. The van der Waals surface area contributed by atoms with Gasteiger partial charge in [-0.05, 0) is 59.9 Å². The van der Waals surface area contributed by atoms with Crippen molar-refractivity contribution in [3.05, 3.63) is 89.5 Å². The van der Waals surface area contributed by atoms with Gasteiger partial charge in [-0.1, -0.05) is 56.3 Å². The zero-order valence-corrected chi connectivity index (χ0v) is 18.9. The Bertz CT molecular complexity index is 1140. The van der Waals surface area contributed by atoms with Crippen LogP contribution in [0.5, 0.6) is 5.75 Å². The van der Waals surface area contributed by atoms with Crippen LogP contribution in [0.15, 0.2) is 72.8 Å². The SMILES string of the molecule is COc1ccc(N2C(=O)C[C@@]2(C(=O)Nc2ccccc2C)c2ccc(C(C)C)cc2)cc1. The van der Waals surface area contributed by atoms with Crippen molar-refractivity contribution in [1.29, 1.82) is 0 Å². The van der Waals surface area contributed by atoms with Crippen molar-refractivity contribution in [2.24, 2.45) is 0 Å². The molecule has 0 saturated carbocycles. The number of para-hydroxylation sites is 1. The lowest BCUT2D eigenvalue weighted by Gasteiger charge is -2.50. The quantitative estimate of drug-likeness (QED) is 0.535. The molecule has 5 nitrogen and oxygen atoms in total. The van der Waals surface area contributed by atoms with Gasteiger partial charge in [0.25, 0.3) is 5.91 Å². The van der Waals surface area contributed by atoms with Gasteiger partial charge in [0.15, 0.2) is 5.54 Å². The van der Waals surface area contributed by atoms with Crippen LogP contribution in [0.25, 0.3) is 0 Å². The Balaban J connectivity index is 1.79. The maximum atomic E-state index is 13.8. The molecule has 0 unspecified atom stereocenters. The summed E-state index contributed by atoms with van der Waals surface area (Å²) in [6.45, 7) is 6.21. The summed E-state index contributed by atoms with van der Waals surface area (Å²) in [7, 11) is 1.60. The van der Waals surface area contributed by atoms with E-state index in [0.29, 0.717) is 17.4 Å². The maximum Gasteiger partial charge on any atom is 0.255 e. The zero-order chi connectivity index (χ0) is 22.9. The van der Waals surface area contributed by atoms with Crippen LogP contribution in [0.1, 0.15) is 42.9 Å². The monoisotopic (exact) mass is 428 g/mol. The summed E-state index contributed by atoms with van der Waals surface area (Å²) in [5, 5.41) is 3.07. The van der Waals surface area contributed by atoms with Gasteiger partial charge in [0, 0.05) is 11.4 Å². The van der Waals surface area contributed by atoms with E-state index in [0.717, 1.165) is 16.8 Å². The van der Waals surface area contributed by atoms with Crippen molar-refractivity contribution in [3.8, 4) is 5.75 Å². The topological polar surface area (TPSA) is 58.6 Å². The molecule has 3 aromatic rings. The second-order valence-electron chi connectivity index (χ2n) is 8.51. The fraction of sp³-hybridized carbons (Fsp3) is 0.259. The van der Waals surface area contributed by atoms with E-state index in [-0.39, 0.29) is 18.2 Å². The summed E-state index contributed by atoms with van der Waals surface area (Å²) in [6.07, 6.45) is 0.109. The van der Waals surface area contributed by atoms with Gasteiger partial charge in [0.05, 0.1) is 13.5 Å². The van der Waals surface area contributed by atoms with Gasteiger partial charge in [-0.3, -0.25) is 14.5 Å². The second kappa shape index (κ2) is 8.50. The number of aryl methyl sites for hydroxylation is 1. The lowest BCUT2D eigenvalue weighted by Crippen LogP contribution is -2.67. The third-order valence-corrected chi connectivity index (χ3v) is 6.19. The number of nitrogens with zero attached hydrogens (tertiary/aromatic N) is 1. The summed E-state index contributed by atoms with van der Waals surface area (Å²) in [5.74, 6) is 0.752. The molecular weight excluding hydrogens is 400 g/mol. The molecule has 1 atom stereocenters. The van der Waals surface area contributed by atoms with E-state index in [9.17, 15) is 9.59 Å². The first kappa shape index (κ1) is 21.6. The van der Waals surface area contributed by atoms with Crippen LogP contribution in [-0.2, 0) is 15.1 Å². The Hall–Kier alpha value is -3.60. The highest BCUT2D eigenvalue weighted by Crippen LogP contribution is 2.46. The van der Waals surface area contributed by atoms with Gasteiger partial charge < -0.3 is 10.1 Å². The van der Waals surface area contributed by atoms with Gasteiger partial charge in [0.2, 0.25) is 5.91 Å². The summed E-state index contributed by atoms with van der Waals surface area (Å²) < 4.78 is 5.26.